The first kappa shape index (κ1) is 22.9. The highest BCUT2D eigenvalue weighted by molar-refractivity contribution is 7.80. The van der Waals surface area contributed by atoms with Crippen molar-refractivity contribution in [3.63, 3.8) is 0 Å². The molecule has 1 N–H and O–H groups in total. The molecule has 1 saturated carbocycles. The van der Waals surface area contributed by atoms with Gasteiger partial charge in [0.1, 0.15) is 5.75 Å². The normalized spacial score (nSPS) is 21.0. The summed E-state index contributed by atoms with van der Waals surface area (Å²) >= 11 is 5.91. The average Bonchev–Trinajstić information content (AvgIpc) is 3.35. The van der Waals surface area contributed by atoms with Gasteiger partial charge in [0.2, 0.25) is 0 Å². The van der Waals surface area contributed by atoms with Crippen molar-refractivity contribution in [3.8, 4) is 5.75 Å². The molecule has 2 aromatic heterocycles. The predicted octanol–water partition coefficient (Wildman–Crippen LogP) is 6.19. The topological polar surface area (TPSA) is 42.3 Å². The molecule has 2 atom stereocenters. The van der Waals surface area contributed by atoms with E-state index in [1.807, 2.05) is 24.4 Å². The van der Waals surface area contributed by atoms with Gasteiger partial charge in [0.15, 0.2) is 5.11 Å². The lowest BCUT2D eigenvalue weighted by atomic mass is 9.94. The standard InChI is InChI=1S/C28H34N4OS/c1-19-17-24(20(2)32(19)22-9-5-4-6-10-22)27-26(25-11-7-8-16-29-25)30-28(34)31(27)18-21-12-14-23(33-3)15-13-21/h7-8,11-17,22,26-27H,4-6,9-10,18H2,1-3H3,(H,30,34)/t26-,27+/m0/s1. The van der Waals surface area contributed by atoms with Crippen molar-refractivity contribution < 1.29 is 4.74 Å². The first-order chi connectivity index (χ1) is 16.6. The van der Waals surface area contributed by atoms with Crippen molar-refractivity contribution in [2.75, 3.05) is 7.11 Å². The van der Waals surface area contributed by atoms with Crippen LogP contribution in [0.5, 0.6) is 5.75 Å². The van der Waals surface area contributed by atoms with Gasteiger partial charge in [-0.3, -0.25) is 4.98 Å². The fraction of sp³-hybridized carbons (Fsp3) is 0.429. The van der Waals surface area contributed by atoms with Crippen LogP contribution in [0.1, 0.15) is 78.4 Å². The third-order valence-corrected chi connectivity index (χ3v) is 7.84. The van der Waals surface area contributed by atoms with Crippen molar-refractivity contribution in [1.82, 2.24) is 19.8 Å². The van der Waals surface area contributed by atoms with Crippen LogP contribution >= 0.6 is 12.2 Å². The van der Waals surface area contributed by atoms with Crippen molar-refractivity contribution >= 4 is 17.3 Å². The smallest absolute Gasteiger partial charge is 0.170 e. The molecular formula is C28H34N4OS. The molecule has 6 heteroatoms. The first-order valence-corrected chi connectivity index (χ1v) is 12.8. The third-order valence-electron chi connectivity index (χ3n) is 7.49. The molecule has 0 bridgehead atoms. The van der Waals surface area contributed by atoms with Gasteiger partial charge in [-0.1, -0.05) is 37.5 Å². The van der Waals surface area contributed by atoms with Crippen LogP contribution in [0.3, 0.4) is 0 Å². The van der Waals surface area contributed by atoms with E-state index in [1.165, 1.54) is 54.6 Å². The number of nitrogens with zero attached hydrogens (tertiary/aromatic N) is 3. The van der Waals surface area contributed by atoms with E-state index in [0.717, 1.165) is 23.1 Å². The largest absolute Gasteiger partial charge is 0.497 e. The Hall–Kier alpha value is -2.86. The maximum absolute atomic E-state index is 5.91. The Balaban J connectivity index is 1.54. The summed E-state index contributed by atoms with van der Waals surface area (Å²) < 4.78 is 7.95. The predicted molar refractivity (Wildman–Crippen MR) is 140 cm³/mol. The molecule has 1 aromatic carbocycles. The van der Waals surface area contributed by atoms with Crippen molar-refractivity contribution in [2.45, 2.75) is 70.6 Å². The Labute approximate surface area is 208 Å². The molecule has 1 aliphatic heterocycles. The van der Waals surface area contributed by atoms with Crippen LogP contribution < -0.4 is 10.1 Å². The zero-order valence-electron chi connectivity index (χ0n) is 20.3. The molecule has 1 saturated heterocycles. The lowest BCUT2D eigenvalue weighted by Crippen LogP contribution is -2.29. The minimum atomic E-state index is 0.00672. The highest BCUT2D eigenvalue weighted by Gasteiger charge is 2.41. The quantitative estimate of drug-likeness (QED) is 0.432. The molecule has 5 rings (SSSR count). The Morgan fingerprint density at radius 2 is 1.82 bits per heavy atom. The molecule has 0 amide bonds. The molecule has 0 spiro atoms. The highest BCUT2D eigenvalue weighted by atomic mass is 32.1. The Kier molecular flexibility index (Phi) is 6.59. The summed E-state index contributed by atoms with van der Waals surface area (Å²) in [7, 11) is 1.70. The maximum atomic E-state index is 5.91. The molecule has 0 unspecified atom stereocenters. The van der Waals surface area contributed by atoms with Gasteiger partial charge in [-0.15, -0.1) is 0 Å². The SMILES string of the molecule is COc1ccc(CN2C(=S)N[C@@H](c3ccccn3)[C@H]2c2cc(C)n(C3CCCCC3)c2C)cc1. The fourth-order valence-electron chi connectivity index (χ4n) is 5.85. The van der Waals surface area contributed by atoms with Crippen LogP contribution in [0, 0.1) is 13.8 Å². The molecule has 178 valence electrons. The van der Waals surface area contributed by atoms with Gasteiger partial charge in [-0.25, -0.2) is 0 Å². The number of ether oxygens (including phenoxy) is 1. The number of thiocarbonyl (C=S) groups is 1. The number of nitrogens with one attached hydrogen (secondary N) is 1. The minimum Gasteiger partial charge on any atom is -0.497 e. The van der Waals surface area contributed by atoms with Gasteiger partial charge in [0.25, 0.3) is 0 Å². The second kappa shape index (κ2) is 9.79. The molecule has 34 heavy (non-hydrogen) atoms. The van der Waals surface area contributed by atoms with Crippen LogP contribution in [0.2, 0.25) is 0 Å². The Morgan fingerprint density at radius 1 is 1.06 bits per heavy atom. The molecule has 0 radical (unpaired) electrons. The lowest BCUT2D eigenvalue weighted by Gasteiger charge is -2.30. The molecule has 3 heterocycles. The summed E-state index contributed by atoms with van der Waals surface area (Å²) in [4.78, 5) is 7.05. The fourth-order valence-corrected chi connectivity index (χ4v) is 6.15. The second-order valence-corrected chi connectivity index (χ2v) is 9.98. The number of methoxy groups -OCH3 is 1. The van der Waals surface area contributed by atoms with Crippen LogP contribution in [0.4, 0.5) is 0 Å². The van der Waals surface area contributed by atoms with Crippen LogP contribution in [-0.2, 0) is 6.54 Å². The van der Waals surface area contributed by atoms with Crippen molar-refractivity contribution in [1.29, 1.82) is 0 Å². The second-order valence-electron chi connectivity index (χ2n) is 9.59. The van der Waals surface area contributed by atoms with Gasteiger partial charge >= 0.3 is 0 Å². The zero-order valence-corrected chi connectivity index (χ0v) is 21.1. The molecule has 5 nitrogen and oxygen atoms in total. The number of benzene rings is 1. The zero-order chi connectivity index (χ0) is 23.7. The van der Waals surface area contributed by atoms with Gasteiger partial charge in [0, 0.05) is 30.2 Å². The number of hydrogen-bond acceptors (Lipinski definition) is 3. The van der Waals surface area contributed by atoms with Gasteiger partial charge < -0.3 is 19.5 Å². The summed E-state index contributed by atoms with van der Waals surface area (Å²) in [6.07, 6.45) is 8.43. The van der Waals surface area contributed by atoms with E-state index in [9.17, 15) is 0 Å². The van der Waals surface area contributed by atoms with Crippen molar-refractivity contribution in [3.05, 3.63) is 82.9 Å². The number of aromatic nitrogens is 2. The van der Waals surface area contributed by atoms with E-state index in [2.05, 4.69) is 59.0 Å². The maximum Gasteiger partial charge on any atom is 0.170 e. The van der Waals surface area contributed by atoms with Crippen LogP contribution in [0.15, 0.2) is 54.7 Å². The summed E-state index contributed by atoms with van der Waals surface area (Å²) in [5.74, 6) is 0.866. The van der Waals surface area contributed by atoms with E-state index in [1.54, 1.807) is 7.11 Å². The summed E-state index contributed by atoms with van der Waals surface area (Å²) in [6.45, 7) is 5.28. The molecule has 2 fully saturated rings. The monoisotopic (exact) mass is 474 g/mol. The van der Waals surface area contributed by atoms with E-state index in [4.69, 9.17) is 21.9 Å². The van der Waals surface area contributed by atoms with Gasteiger partial charge in [-0.05, 0) is 80.4 Å². The number of aryl methyl sites for hydroxylation is 1. The summed E-state index contributed by atoms with van der Waals surface area (Å²) in [6, 6.07) is 17.5. The molecular weight excluding hydrogens is 440 g/mol. The lowest BCUT2D eigenvalue weighted by molar-refractivity contribution is 0.306. The third kappa shape index (κ3) is 4.31. The van der Waals surface area contributed by atoms with Crippen molar-refractivity contribution in [2.24, 2.45) is 0 Å². The average molecular weight is 475 g/mol. The molecule has 2 aliphatic rings. The number of rotatable bonds is 6. The number of pyridine rings is 1. The molecule has 1 aliphatic carbocycles. The summed E-state index contributed by atoms with van der Waals surface area (Å²) in [5, 5.41) is 4.38. The molecule has 3 aromatic rings. The number of hydrogen-bond donors (Lipinski definition) is 1. The van der Waals surface area contributed by atoms with E-state index < -0.39 is 0 Å². The van der Waals surface area contributed by atoms with Gasteiger partial charge in [-0.2, -0.15) is 0 Å². The Morgan fingerprint density at radius 3 is 2.50 bits per heavy atom. The van der Waals surface area contributed by atoms with Crippen LogP contribution in [0.25, 0.3) is 0 Å². The Bertz CT molecular complexity index is 1140. The first-order valence-electron chi connectivity index (χ1n) is 12.4. The van der Waals surface area contributed by atoms with E-state index >= 15 is 0 Å². The van der Waals surface area contributed by atoms with Crippen LogP contribution in [-0.4, -0.2) is 26.7 Å². The highest BCUT2D eigenvalue weighted by Crippen LogP contribution is 2.43. The van der Waals surface area contributed by atoms with E-state index in [0.29, 0.717) is 6.04 Å². The summed E-state index contributed by atoms with van der Waals surface area (Å²) in [5.41, 5.74) is 6.29. The minimum absolute atomic E-state index is 0.00672. The van der Waals surface area contributed by atoms with Gasteiger partial charge in [0.05, 0.1) is 24.9 Å². The van der Waals surface area contributed by atoms with E-state index in [-0.39, 0.29) is 12.1 Å².